The van der Waals surface area contributed by atoms with Gasteiger partial charge in [-0.2, -0.15) is 0 Å². The van der Waals surface area contributed by atoms with E-state index in [1.165, 1.54) is 18.0 Å². The molecular formula is C13H17FN4OS. The second kappa shape index (κ2) is 4.25. The average molecular weight is 296 g/mol. The lowest BCUT2D eigenvalue weighted by atomic mass is 9.86. The van der Waals surface area contributed by atoms with E-state index in [4.69, 9.17) is 16.2 Å². The van der Waals surface area contributed by atoms with Crippen molar-refractivity contribution in [2.75, 3.05) is 19.5 Å². The molecule has 1 unspecified atom stereocenters. The molecule has 5 nitrogen and oxygen atoms in total. The van der Waals surface area contributed by atoms with E-state index >= 15 is 0 Å². The number of fused-ring (bicyclic) bond motifs is 1. The lowest BCUT2D eigenvalue weighted by Crippen LogP contribution is -2.36. The van der Waals surface area contributed by atoms with Crippen molar-refractivity contribution in [1.82, 2.24) is 4.98 Å². The second-order valence-electron chi connectivity index (χ2n) is 5.48. The van der Waals surface area contributed by atoms with Crippen LogP contribution in [0.5, 0.6) is 5.88 Å². The van der Waals surface area contributed by atoms with Gasteiger partial charge in [-0.1, -0.05) is 11.8 Å². The van der Waals surface area contributed by atoms with E-state index in [0.717, 1.165) is 12.0 Å². The van der Waals surface area contributed by atoms with Crippen LogP contribution < -0.4 is 16.2 Å². The molecule has 0 aromatic carbocycles. The SMILES string of the molecule is COc1ncc(N)cc1[C@@]1(C)N=C(N)S[C@@]2(CF)CC21. The lowest BCUT2D eigenvalue weighted by Gasteiger charge is -2.33. The van der Waals surface area contributed by atoms with Crippen molar-refractivity contribution in [2.45, 2.75) is 23.6 Å². The van der Waals surface area contributed by atoms with Crippen LogP contribution in [0.3, 0.4) is 0 Å². The lowest BCUT2D eigenvalue weighted by molar-refractivity contribution is 0.340. The van der Waals surface area contributed by atoms with Crippen LogP contribution in [0.1, 0.15) is 18.9 Å². The van der Waals surface area contributed by atoms with Crippen molar-refractivity contribution in [1.29, 1.82) is 0 Å². The Morgan fingerprint density at radius 3 is 2.95 bits per heavy atom. The number of alkyl halides is 1. The van der Waals surface area contributed by atoms with E-state index < -0.39 is 17.0 Å². The zero-order valence-electron chi connectivity index (χ0n) is 11.4. The van der Waals surface area contributed by atoms with Crippen molar-refractivity contribution in [3.63, 3.8) is 0 Å². The Balaban J connectivity index is 2.13. The number of thioether (sulfide) groups is 1. The molecule has 3 rings (SSSR count). The molecule has 3 atom stereocenters. The first-order valence-corrected chi connectivity index (χ1v) is 7.17. The maximum absolute atomic E-state index is 13.4. The number of nitrogen functional groups attached to an aromatic ring is 1. The number of nitrogens with zero attached hydrogens (tertiary/aromatic N) is 2. The van der Waals surface area contributed by atoms with Gasteiger partial charge in [0.2, 0.25) is 5.88 Å². The molecule has 0 amide bonds. The summed E-state index contributed by atoms with van der Waals surface area (Å²) in [6.45, 7) is 1.53. The zero-order chi connectivity index (χ0) is 14.5. The highest BCUT2D eigenvalue weighted by Gasteiger charge is 2.67. The topological polar surface area (TPSA) is 86.5 Å². The third kappa shape index (κ3) is 1.76. The van der Waals surface area contributed by atoms with Crippen LogP contribution in [0.25, 0.3) is 0 Å². The summed E-state index contributed by atoms with van der Waals surface area (Å²) in [5.41, 5.74) is 12.4. The summed E-state index contributed by atoms with van der Waals surface area (Å²) < 4.78 is 18.3. The monoisotopic (exact) mass is 296 g/mol. The van der Waals surface area contributed by atoms with Gasteiger partial charge in [-0.15, -0.1) is 0 Å². The van der Waals surface area contributed by atoms with Crippen LogP contribution in [-0.2, 0) is 5.54 Å². The van der Waals surface area contributed by atoms with Crippen molar-refractivity contribution in [3.8, 4) is 5.88 Å². The second-order valence-corrected chi connectivity index (χ2v) is 6.92. The van der Waals surface area contributed by atoms with Gasteiger partial charge < -0.3 is 16.2 Å². The van der Waals surface area contributed by atoms with Crippen LogP contribution >= 0.6 is 11.8 Å². The molecule has 0 radical (unpaired) electrons. The summed E-state index contributed by atoms with van der Waals surface area (Å²) >= 11 is 1.34. The quantitative estimate of drug-likeness (QED) is 0.886. The number of halogens is 1. The smallest absolute Gasteiger partial charge is 0.218 e. The Labute approximate surface area is 121 Å². The first-order chi connectivity index (χ1) is 9.45. The average Bonchev–Trinajstić information content (AvgIpc) is 3.14. The summed E-state index contributed by atoms with van der Waals surface area (Å²) in [5, 5.41) is 0.406. The molecule has 1 aromatic rings. The molecule has 4 N–H and O–H groups in total. The van der Waals surface area contributed by atoms with Crippen LogP contribution in [0.15, 0.2) is 17.3 Å². The van der Waals surface area contributed by atoms with Crippen LogP contribution in [0.2, 0.25) is 0 Å². The molecule has 0 bridgehead atoms. The fourth-order valence-electron chi connectivity index (χ4n) is 3.06. The fraction of sp³-hybridized carbons (Fsp3) is 0.538. The zero-order valence-corrected chi connectivity index (χ0v) is 12.2. The minimum Gasteiger partial charge on any atom is -0.481 e. The summed E-state index contributed by atoms with van der Waals surface area (Å²) in [7, 11) is 1.55. The van der Waals surface area contributed by atoms with Crippen LogP contribution in [0.4, 0.5) is 10.1 Å². The van der Waals surface area contributed by atoms with E-state index in [2.05, 4.69) is 9.98 Å². The van der Waals surface area contributed by atoms with Gasteiger partial charge >= 0.3 is 0 Å². The molecule has 20 heavy (non-hydrogen) atoms. The van der Waals surface area contributed by atoms with E-state index in [0.29, 0.717) is 16.7 Å². The molecule has 1 aromatic heterocycles. The number of ether oxygens (including phenoxy) is 1. The molecule has 1 saturated carbocycles. The van der Waals surface area contributed by atoms with Crippen molar-refractivity contribution in [2.24, 2.45) is 16.6 Å². The Kier molecular flexibility index (Phi) is 2.86. The van der Waals surface area contributed by atoms with E-state index in [9.17, 15) is 4.39 Å². The highest BCUT2D eigenvalue weighted by atomic mass is 32.2. The number of aliphatic imine (C=N–C) groups is 1. The van der Waals surface area contributed by atoms with Gasteiger partial charge in [0.05, 0.1) is 29.3 Å². The highest BCUT2D eigenvalue weighted by molar-refractivity contribution is 8.15. The molecule has 2 heterocycles. The minimum absolute atomic E-state index is 0.0785. The van der Waals surface area contributed by atoms with Gasteiger partial charge in [-0.3, -0.25) is 4.99 Å². The van der Waals surface area contributed by atoms with Crippen molar-refractivity contribution in [3.05, 3.63) is 17.8 Å². The molecule has 1 fully saturated rings. The first-order valence-electron chi connectivity index (χ1n) is 6.35. The summed E-state index contributed by atoms with van der Waals surface area (Å²) in [6, 6.07) is 1.79. The third-order valence-corrected chi connectivity index (χ3v) is 5.46. The van der Waals surface area contributed by atoms with Crippen LogP contribution in [0, 0.1) is 5.92 Å². The van der Waals surface area contributed by atoms with Crippen molar-refractivity contribution >= 4 is 22.6 Å². The highest BCUT2D eigenvalue weighted by Crippen LogP contribution is 2.66. The Morgan fingerprint density at radius 1 is 1.55 bits per heavy atom. The summed E-state index contributed by atoms with van der Waals surface area (Å²) in [4.78, 5) is 8.75. The van der Waals surface area contributed by atoms with Gasteiger partial charge in [0, 0.05) is 11.5 Å². The number of aromatic nitrogens is 1. The fourth-order valence-corrected chi connectivity index (χ4v) is 4.39. The normalized spacial score (nSPS) is 35.1. The maximum Gasteiger partial charge on any atom is 0.218 e. The molecule has 7 heteroatoms. The van der Waals surface area contributed by atoms with E-state index in [1.807, 2.05) is 6.92 Å². The third-order valence-electron chi connectivity index (χ3n) is 4.19. The number of anilines is 1. The summed E-state index contributed by atoms with van der Waals surface area (Å²) in [5.74, 6) is 0.541. The standard InChI is InChI=1S/C13H17FN4OS/c1-12(8-3-7(15)5-17-10(8)19-2)9-4-13(9,6-14)20-11(16)18-12/h3,5,9H,4,6,15H2,1-2H3,(H2,16,18)/t9?,12-,13-/m1/s1. The molecule has 1 aliphatic carbocycles. The maximum atomic E-state index is 13.4. The molecule has 1 aliphatic heterocycles. The van der Waals surface area contributed by atoms with Gasteiger partial charge in [0.15, 0.2) is 5.17 Å². The van der Waals surface area contributed by atoms with Crippen molar-refractivity contribution < 1.29 is 9.13 Å². The van der Waals surface area contributed by atoms with Crippen LogP contribution in [-0.4, -0.2) is 28.7 Å². The molecule has 0 spiro atoms. The number of pyridine rings is 1. The van der Waals surface area contributed by atoms with Gasteiger partial charge in [0.1, 0.15) is 6.67 Å². The largest absolute Gasteiger partial charge is 0.481 e. The predicted octanol–water partition coefficient (Wildman–Crippen LogP) is 1.68. The molecule has 0 saturated heterocycles. The molecule has 2 aliphatic rings. The van der Waals surface area contributed by atoms with Gasteiger partial charge in [0.25, 0.3) is 0 Å². The Morgan fingerprint density at radius 2 is 2.30 bits per heavy atom. The number of amidine groups is 1. The van der Waals surface area contributed by atoms with E-state index in [-0.39, 0.29) is 5.92 Å². The number of hydrogen-bond acceptors (Lipinski definition) is 6. The number of hydrogen-bond donors (Lipinski definition) is 2. The van der Waals surface area contributed by atoms with Gasteiger partial charge in [-0.25, -0.2) is 9.37 Å². The minimum atomic E-state index is -0.644. The van der Waals surface area contributed by atoms with E-state index in [1.54, 1.807) is 13.2 Å². The first kappa shape index (κ1) is 13.5. The Hall–Kier alpha value is -1.50. The van der Waals surface area contributed by atoms with Gasteiger partial charge in [-0.05, 0) is 19.4 Å². The molecular weight excluding hydrogens is 279 g/mol. The number of methoxy groups -OCH3 is 1. The number of rotatable bonds is 3. The summed E-state index contributed by atoms with van der Waals surface area (Å²) in [6.07, 6.45) is 2.28. The Bertz CT molecular complexity index is 596. The predicted molar refractivity (Wildman–Crippen MR) is 78.6 cm³/mol. The number of nitrogens with two attached hydrogens (primary N) is 2. The molecule has 108 valence electrons.